The van der Waals surface area contributed by atoms with Crippen molar-refractivity contribution < 1.29 is 28.6 Å². The average molecular weight is 574 g/mol. The molecule has 5 rings (SSSR count). The van der Waals surface area contributed by atoms with Gasteiger partial charge in [-0.3, -0.25) is 14.4 Å². The number of hydrogen-bond donors (Lipinski definition) is 2. The number of amides is 3. The Hall–Kier alpha value is -4.29. The maximum atomic E-state index is 13.8. The van der Waals surface area contributed by atoms with E-state index < -0.39 is 24.0 Å². The van der Waals surface area contributed by atoms with E-state index in [9.17, 15) is 14.4 Å². The summed E-state index contributed by atoms with van der Waals surface area (Å²) < 4.78 is 17.0. The first kappa shape index (κ1) is 30.7. The number of nitrogens with one attached hydrogen (secondary N) is 2. The van der Waals surface area contributed by atoms with Crippen LogP contribution in [0.1, 0.15) is 55.7 Å². The van der Waals surface area contributed by atoms with Crippen LogP contribution in [0.5, 0.6) is 11.5 Å². The van der Waals surface area contributed by atoms with Gasteiger partial charge in [0.05, 0.1) is 18.3 Å². The monoisotopic (exact) mass is 573 g/mol. The van der Waals surface area contributed by atoms with E-state index in [0.717, 1.165) is 42.4 Å². The first-order chi connectivity index (χ1) is 20.3. The third-order valence-corrected chi connectivity index (χ3v) is 7.67. The molecule has 1 saturated carbocycles. The van der Waals surface area contributed by atoms with E-state index in [1.165, 1.54) is 17.4 Å². The van der Waals surface area contributed by atoms with Crippen LogP contribution in [0, 0.1) is 26.7 Å². The van der Waals surface area contributed by atoms with E-state index >= 15 is 0 Å². The molecule has 2 aliphatic heterocycles. The summed E-state index contributed by atoms with van der Waals surface area (Å²) in [5, 5.41) is 6.05. The van der Waals surface area contributed by atoms with Gasteiger partial charge in [-0.1, -0.05) is 31.4 Å². The van der Waals surface area contributed by atoms with Crippen LogP contribution in [0.25, 0.3) is 0 Å². The highest BCUT2D eigenvalue weighted by molar-refractivity contribution is 6.09. The molecule has 3 amide bonds. The smallest absolute Gasteiger partial charge is 0.254 e. The number of carbonyl (C=O) groups is 3. The molecule has 0 bridgehead atoms. The number of terminal acetylenes is 1. The highest BCUT2D eigenvalue weighted by atomic mass is 16.7. The van der Waals surface area contributed by atoms with E-state index in [2.05, 4.69) is 23.5 Å². The molecule has 0 radical (unpaired) electrons. The number of aryl methyl sites for hydroxylation is 2. The number of rotatable bonds is 6. The van der Waals surface area contributed by atoms with Gasteiger partial charge < -0.3 is 29.7 Å². The topological polar surface area (TPSA) is 106 Å². The Morgan fingerprint density at radius 3 is 2.38 bits per heavy atom. The fourth-order valence-corrected chi connectivity index (χ4v) is 5.59. The summed E-state index contributed by atoms with van der Waals surface area (Å²) in [5.41, 5.74) is 3.66. The number of carbonyl (C=O) groups excluding carboxylic acids is 3. The molecule has 2 atom stereocenters. The molecular weight excluding hydrogens is 534 g/mol. The van der Waals surface area contributed by atoms with Crippen molar-refractivity contribution in [1.29, 1.82) is 0 Å². The average Bonchev–Trinajstić information content (AvgIpc) is 3.43. The standard InChI is InChI=1S/C31H37N3O6.C2H2/c1-19-11-20(2)13-24(12-19)33-30(36)25-15-29(35)34(16-22-9-10-27-28(14-22)40-18-39-27)26(17-38-21(25)3)31(37)32-23-7-5-4-6-8-23;1-2/h9-15,21,23,26H,4-8,16-18H2,1-3H3,(H,32,37)(H,33,36);1-2H/b25-15-;. The van der Waals surface area contributed by atoms with E-state index in [4.69, 9.17) is 14.2 Å². The number of anilines is 1. The van der Waals surface area contributed by atoms with Gasteiger partial charge in [0.25, 0.3) is 5.91 Å². The molecular formula is C33H39N3O6. The molecule has 9 heteroatoms. The molecule has 9 nitrogen and oxygen atoms in total. The highest BCUT2D eigenvalue weighted by Crippen LogP contribution is 2.33. The number of benzene rings is 2. The highest BCUT2D eigenvalue weighted by Gasteiger charge is 2.35. The van der Waals surface area contributed by atoms with Gasteiger partial charge in [0, 0.05) is 24.4 Å². The van der Waals surface area contributed by atoms with Gasteiger partial charge in [0.1, 0.15) is 6.04 Å². The predicted octanol–water partition coefficient (Wildman–Crippen LogP) is 4.41. The van der Waals surface area contributed by atoms with Crippen LogP contribution >= 0.6 is 0 Å². The predicted molar refractivity (Wildman–Crippen MR) is 160 cm³/mol. The molecule has 0 spiro atoms. The van der Waals surface area contributed by atoms with Gasteiger partial charge in [-0.2, -0.15) is 0 Å². The third-order valence-electron chi connectivity index (χ3n) is 7.67. The van der Waals surface area contributed by atoms with Crippen molar-refractivity contribution in [1.82, 2.24) is 10.2 Å². The summed E-state index contributed by atoms with van der Waals surface area (Å²) >= 11 is 0. The number of fused-ring (bicyclic) bond motifs is 1. The van der Waals surface area contributed by atoms with E-state index in [1.807, 2.05) is 44.2 Å². The quantitative estimate of drug-likeness (QED) is 0.496. The SMILES string of the molecule is C#C.Cc1cc(C)cc(NC(=O)/C2=C\C(=O)N(Cc3ccc4c(c3)OCO4)C(C(=O)NC3CCCCC3)COC2C)c1. The number of ether oxygens (including phenoxy) is 3. The fourth-order valence-electron chi connectivity index (χ4n) is 5.59. The van der Waals surface area contributed by atoms with Gasteiger partial charge in [0.2, 0.25) is 18.6 Å². The summed E-state index contributed by atoms with van der Waals surface area (Å²) in [5.74, 6) is 0.136. The van der Waals surface area contributed by atoms with Crippen molar-refractivity contribution in [3.63, 3.8) is 0 Å². The van der Waals surface area contributed by atoms with Crippen LogP contribution in [0.4, 0.5) is 5.69 Å². The van der Waals surface area contributed by atoms with Crippen molar-refractivity contribution in [3.05, 3.63) is 64.7 Å². The molecule has 3 aliphatic rings. The van der Waals surface area contributed by atoms with Crippen molar-refractivity contribution >= 4 is 23.4 Å². The first-order valence-electron chi connectivity index (χ1n) is 14.3. The molecule has 2 aromatic carbocycles. The van der Waals surface area contributed by atoms with Crippen LogP contribution in [0.15, 0.2) is 48.0 Å². The molecule has 1 fully saturated rings. The van der Waals surface area contributed by atoms with Crippen LogP contribution in [-0.2, 0) is 25.7 Å². The molecule has 2 unspecified atom stereocenters. The zero-order chi connectivity index (χ0) is 30.2. The lowest BCUT2D eigenvalue weighted by atomic mass is 9.95. The van der Waals surface area contributed by atoms with Crippen LogP contribution in [0.3, 0.4) is 0 Å². The second-order valence-electron chi connectivity index (χ2n) is 10.9. The zero-order valence-corrected chi connectivity index (χ0v) is 24.5. The molecule has 2 N–H and O–H groups in total. The first-order valence-corrected chi connectivity index (χ1v) is 14.3. The zero-order valence-electron chi connectivity index (χ0n) is 24.5. The largest absolute Gasteiger partial charge is 0.454 e. The Labute approximate surface area is 247 Å². The lowest BCUT2D eigenvalue weighted by Crippen LogP contribution is -2.54. The maximum absolute atomic E-state index is 13.8. The minimum absolute atomic E-state index is 0.0375. The van der Waals surface area contributed by atoms with E-state index in [1.54, 1.807) is 13.0 Å². The second-order valence-corrected chi connectivity index (χ2v) is 10.9. The van der Waals surface area contributed by atoms with E-state index in [-0.39, 0.29) is 37.5 Å². The maximum Gasteiger partial charge on any atom is 0.254 e. The van der Waals surface area contributed by atoms with Gasteiger partial charge in [-0.25, -0.2) is 0 Å². The van der Waals surface area contributed by atoms with Crippen molar-refractivity contribution in [2.24, 2.45) is 0 Å². The van der Waals surface area contributed by atoms with Crippen molar-refractivity contribution in [2.75, 3.05) is 18.7 Å². The Balaban J connectivity index is 0.00000198. The molecule has 222 valence electrons. The summed E-state index contributed by atoms with van der Waals surface area (Å²) in [7, 11) is 0. The molecule has 2 aromatic rings. The number of hydrogen-bond acceptors (Lipinski definition) is 6. The third kappa shape index (κ3) is 7.51. The van der Waals surface area contributed by atoms with E-state index in [0.29, 0.717) is 17.2 Å². The lowest BCUT2D eigenvalue weighted by Gasteiger charge is -2.35. The Kier molecular flexibility index (Phi) is 10.3. The fraction of sp³-hybridized carbons (Fsp3) is 0.424. The minimum atomic E-state index is -0.859. The van der Waals surface area contributed by atoms with Crippen molar-refractivity contribution in [2.45, 2.75) is 77.6 Å². The van der Waals surface area contributed by atoms with Crippen LogP contribution in [-0.4, -0.2) is 54.2 Å². The second kappa shape index (κ2) is 14.1. The van der Waals surface area contributed by atoms with Crippen molar-refractivity contribution in [3.8, 4) is 24.3 Å². The Morgan fingerprint density at radius 1 is 0.976 bits per heavy atom. The van der Waals surface area contributed by atoms with Gasteiger partial charge in [0.15, 0.2) is 11.5 Å². The summed E-state index contributed by atoms with van der Waals surface area (Å²) in [6.45, 7) is 5.88. The normalized spacial score (nSPS) is 21.6. The Morgan fingerprint density at radius 2 is 1.67 bits per heavy atom. The lowest BCUT2D eigenvalue weighted by molar-refractivity contribution is -0.142. The van der Waals surface area contributed by atoms with Gasteiger partial charge >= 0.3 is 0 Å². The molecule has 2 heterocycles. The molecule has 0 aromatic heterocycles. The minimum Gasteiger partial charge on any atom is -0.454 e. The summed E-state index contributed by atoms with van der Waals surface area (Å²) in [4.78, 5) is 42.2. The summed E-state index contributed by atoms with van der Waals surface area (Å²) in [6.07, 6.45) is 13.8. The van der Waals surface area contributed by atoms with Crippen LogP contribution in [0.2, 0.25) is 0 Å². The summed E-state index contributed by atoms with van der Waals surface area (Å²) in [6, 6.07) is 10.4. The Bertz CT molecular complexity index is 1340. The molecule has 42 heavy (non-hydrogen) atoms. The number of nitrogens with zero attached hydrogens (tertiary/aromatic N) is 1. The van der Waals surface area contributed by atoms with Gasteiger partial charge in [-0.05, 0) is 74.6 Å². The van der Waals surface area contributed by atoms with Crippen LogP contribution < -0.4 is 20.1 Å². The molecule has 1 aliphatic carbocycles. The van der Waals surface area contributed by atoms with Gasteiger partial charge in [-0.15, -0.1) is 12.8 Å². The molecule has 0 saturated heterocycles.